The smallest absolute Gasteiger partial charge is 0.414 e. The van der Waals surface area contributed by atoms with Crippen LogP contribution in [0.2, 0.25) is 0 Å². The molecule has 1 aromatic carbocycles. The number of aromatic nitrogens is 1. The minimum Gasteiger partial charge on any atom is -0.444 e. The maximum absolute atomic E-state index is 14.4. The summed E-state index contributed by atoms with van der Waals surface area (Å²) >= 11 is 0. The fourth-order valence-corrected chi connectivity index (χ4v) is 2.45. The third kappa shape index (κ3) is 3.48. The number of ether oxygens (including phenoxy) is 1. The molecule has 3 amide bonds. The zero-order valence-electron chi connectivity index (χ0n) is 13.7. The number of nitrogens with two attached hydrogens (primary N) is 1. The van der Waals surface area contributed by atoms with E-state index in [4.69, 9.17) is 14.9 Å². The number of hydrogen-bond donors (Lipinski definition) is 2. The van der Waals surface area contributed by atoms with Gasteiger partial charge in [-0.2, -0.15) is 0 Å². The Hall–Kier alpha value is -3.43. The predicted octanol–water partition coefficient (Wildman–Crippen LogP) is 1.04. The third-order valence-corrected chi connectivity index (χ3v) is 3.70. The molecule has 1 unspecified atom stereocenters. The predicted molar refractivity (Wildman–Crippen MR) is 86.7 cm³/mol. The summed E-state index contributed by atoms with van der Waals surface area (Å²) in [4.78, 5) is 39.0. The van der Waals surface area contributed by atoms with Gasteiger partial charge in [0.25, 0.3) is 5.91 Å². The van der Waals surface area contributed by atoms with Gasteiger partial charge in [0.05, 0.1) is 24.3 Å². The Morgan fingerprint density at radius 3 is 2.85 bits per heavy atom. The number of nitrogens with zero attached hydrogens (tertiary/aromatic N) is 2. The lowest BCUT2D eigenvalue weighted by atomic mass is 10.1. The molecule has 2 aromatic rings. The lowest BCUT2D eigenvalue weighted by molar-refractivity contribution is -0.119. The van der Waals surface area contributed by atoms with Crippen molar-refractivity contribution in [3.8, 4) is 11.5 Å². The van der Waals surface area contributed by atoms with Crippen LogP contribution in [0.5, 0.6) is 0 Å². The Labute approximate surface area is 146 Å². The number of halogens is 1. The molecule has 1 aliphatic rings. The van der Waals surface area contributed by atoms with E-state index in [2.05, 4.69) is 10.3 Å². The number of benzene rings is 1. The molecule has 3 rings (SSSR count). The lowest BCUT2D eigenvalue weighted by Crippen LogP contribution is -2.33. The number of oxazole rings is 1. The maximum Gasteiger partial charge on any atom is 0.414 e. The quantitative estimate of drug-likeness (QED) is 0.818. The number of rotatable bonds is 5. The zero-order valence-corrected chi connectivity index (χ0v) is 13.7. The van der Waals surface area contributed by atoms with Crippen molar-refractivity contribution in [2.24, 2.45) is 5.73 Å². The number of carbonyl (C=O) groups is 3. The molecule has 0 aliphatic carbocycles. The van der Waals surface area contributed by atoms with Crippen molar-refractivity contribution in [1.82, 2.24) is 10.3 Å². The summed E-state index contributed by atoms with van der Waals surface area (Å²) in [5, 5.41) is 2.56. The average molecular weight is 362 g/mol. The number of nitrogens with one attached hydrogen (secondary N) is 1. The molecule has 1 fully saturated rings. The molecule has 0 saturated carbocycles. The fourth-order valence-electron chi connectivity index (χ4n) is 2.45. The molecule has 2 heterocycles. The Morgan fingerprint density at radius 1 is 1.46 bits per heavy atom. The van der Waals surface area contributed by atoms with E-state index in [1.54, 1.807) is 0 Å². The van der Waals surface area contributed by atoms with E-state index in [-0.39, 0.29) is 41.8 Å². The van der Waals surface area contributed by atoms with Crippen LogP contribution >= 0.6 is 0 Å². The largest absolute Gasteiger partial charge is 0.444 e. The second-order valence-electron chi connectivity index (χ2n) is 5.62. The monoisotopic (exact) mass is 362 g/mol. The van der Waals surface area contributed by atoms with E-state index in [0.29, 0.717) is 0 Å². The van der Waals surface area contributed by atoms with Crippen LogP contribution in [-0.4, -0.2) is 42.1 Å². The van der Waals surface area contributed by atoms with Gasteiger partial charge in [-0.15, -0.1) is 0 Å². The van der Waals surface area contributed by atoms with Crippen molar-refractivity contribution in [2.45, 2.75) is 13.0 Å². The Bertz CT molecular complexity index is 881. The van der Waals surface area contributed by atoms with Gasteiger partial charge in [0.15, 0.2) is 5.69 Å². The van der Waals surface area contributed by atoms with E-state index >= 15 is 0 Å². The molecule has 1 atom stereocenters. The molecule has 136 valence electrons. The minimum atomic E-state index is -0.790. The lowest BCUT2D eigenvalue weighted by Gasteiger charge is -2.13. The van der Waals surface area contributed by atoms with Gasteiger partial charge in [0.2, 0.25) is 11.8 Å². The van der Waals surface area contributed by atoms with Gasteiger partial charge in [-0.3, -0.25) is 14.5 Å². The van der Waals surface area contributed by atoms with Crippen molar-refractivity contribution < 1.29 is 27.9 Å². The summed E-state index contributed by atoms with van der Waals surface area (Å²) in [7, 11) is 0. The van der Waals surface area contributed by atoms with E-state index in [1.165, 1.54) is 24.0 Å². The molecule has 9 nitrogen and oxygen atoms in total. The first-order valence-corrected chi connectivity index (χ1v) is 7.63. The second kappa shape index (κ2) is 6.82. The standard InChI is InChI=1S/C16H15FN4O5/c1-8(22)19-5-10-6-21(16(24)26-10)9-2-3-11(12(17)4-9)15-20-13(7-25-15)14(18)23/h2-4,7,10H,5-6H2,1H3,(H2,18,23)(H,19,22). The molecule has 0 radical (unpaired) electrons. The van der Waals surface area contributed by atoms with Crippen molar-refractivity contribution in [2.75, 3.05) is 18.0 Å². The second-order valence-corrected chi connectivity index (χ2v) is 5.62. The molecule has 0 bridgehead atoms. The highest BCUT2D eigenvalue weighted by Gasteiger charge is 2.32. The molecule has 10 heteroatoms. The molecule has 26 heavy (non-hydrogen) atoms. The minimum absolute atomic E-state index is 0.0172. The van der Waals surface area contributed by atoms with E-state index in [1.807, 2.05) is 0 Å². The van der Waals surface area contributed by atoms with Crippen LogP contribution in [0.3, 0.4) is 0 Å². The van der Waals surface area contributed by atoms with Crippen molar-refractivity contribution >= 4 is 23.6 Å². The number of cyclic esters (lactones) is 1. The van der Waals surface area contributed by atoms with Gasteiger partial charge in [-0.05, 0) is 18.2 Å². The van der Waals surface area contributed by atoms with Gasteiger partial charge in [0, 0.05) is 6.92 Å². The van der Waals surface area contributed by atoms with Gasteiger partial charge in [0.1, 0.15) is 18.2 Å². The fraction of sp³-hybridized carbons (Fsp3) is 0.250. The van der Waals surface area contributed by atoms with E-state index < -0.39 is 23.9 Å². The summed E-state index contributed by atoms with van der Waals surface area (Å²) in [6.07, 6.45) is -0.131. The van der Waals surface area contributed by atoms with E-state index in [0.717, 1.165) is 12.3 Å². The van der Waals surface area contributed by atoms with Crippen LogP contribution in [0, 0.1) is 5.82 Å². The molecule has 3 N–H and O–H groups in total. The number of carbonyl (C=O) groups excluding carboxylic acids is 3. The summed E-state index contributed by atoms with van der Waals surface area (Å²) < 4.78 is 24.6. The van der Waals surface area contributed by atoms with Crippen molar-refractivity contribution in [3.05, 3.63) is 36.0 Å². The number of hydrogen-bond acceptors (Lipinski definition) is 6. The highest BCUT2D eigenvalue weighted by molar-refractivity contribution is 5.91. The van der Waals surface area contributed by atoms with Gasteiger partial charge < -0.3 is 20.2 Å². The first-order valence-electron chi connectivity index (χ1n) is 7.63. The first kappa shape index (κ1) is 17.4. The SMILES string of the molecule is CC(=O)NCC1CN(c2ccc(-c3nc(C(N)=O)co3)c(F)c2)C(=O)O1. The Balaban J connectivity index is 1.77. The average Bonchev–Trinajstić information content (AvgIpc) is 3.20. The molecule has 1 saturated heterocycles. The van der Waals surface area contributed by atoms with Crippen LogP contribution in [0.25, 0.3) is 11.5 Å². The highest BCUT2D eigenvalue weighted by atomic mass is 19.1. The van der Waals surface area contributed by atoms with Crippen LogP contribution in [0.4, 0.5) is 14.9 Å². The maximum atomic E-state index is 14.4. The molecule has 1 aromatic heterocycles. The summed E-state index contributed by atoms with van der Waals surface area (Å²) in [5.74, 6) is -1.83. The van der Waals surface area contributed by atoms with Crippen LogP contribution in [-0.2, 0) is 9.53 Å². The summed E-state index contributed by atoms with van der Waals surface area (Å²) in [5.41, 5.74) is 5.26. The summed E-state index contributed by atoms with van der Waals surface area (Å²) in [6, 6.07) is 4.00. The molecular formula is C16H15FN4O5. The third-order valence-electron chi connectivity index (χ3n) is 3.70. The Morgan fingerprint density at radius 2 is 2.23 bits per heavy atom. The number of amides is 3. The van der Waals surface area contributed by atoms with E-state index in [9.17, 15) is 18.8 Å². The molecular weight excluding hydrogens is 347 g/mol. The molecule has 0 spiro atoms. The van der Waals surface area contributed by atoms with Crippen molar-refractivity contribution in [1.29, 1.82) is 0 Å². The van der Waals surface area contributed by atoms with Crippen LogP contribution in [0.15, 0.2) is 28.9 Å². The number of primary amides is 1. The normalized spacial score (nSPS) is 16.5. The van der Waals surface area contributed by atoms with Crippen molar-refractivity contribution in [3.63, 3.8) is 0 Å². The number of anilines is 1. The van der Waals surface area contributed by atoms with Gasteiger partial charge in [-0.25, -0.2) is 14.2 Å². The van der Waals surface area contributed by atoms with Crippen LogP contribution < -0.4 is 16.0 Å². The Kier molecular flexibility index (Phi) is 4.57. The highest BCUT2D eigenvalue weighted by Crippen LogP contribution is 2.28. The van der Waals surface area contributed by atoms with Gasteiger partial charge in [-0.1, -0.05) is 0 Å². The summed E-state index contributed by atoms with van der Waals surface area (Å²) in [6.45, 7) is 1.70. The zero-order chi connectivity index (χ0) is 18.8. The molecule has 1 aliphatic heterocycles. The van der Waals surface area contributed by atoms with Gasteiger partial charge >= 0.3 is 6.09 Å². The first-order chi connectivity index (χ1) is 12.3. The van der Waals surface area contributed by atoms with Crippen LogP contribution in [0.1, 0.15) is 17.4 Å². The topological polar surface area (TPSA) is 128 Å².